The van der Waals surface area contributed by atoms with Crippen LogP contribution in [0.25, 0.3) is 0 Å². The van der Waals surface area contributed by atoms with Gasteiger partial charge >= 0.3 is 0 Å². The molecule has 0 saturated carbocycles. The quantitative estimate of drug-likeness (QED) is 0.577. The Morgan fingerprint density at radius 3 is 1.86 bits per heavy atom. The molecular formula is C18H34O2S. The van der Waals surface area contributed by atoms with Crippen molar-refractivity contribution in [1.29, 1.82) is 0 Å². The summed E-state index contributed by atoms with van der Waals surface area (Å²) in [5.41, 5.74) is 1.21. The second-order valence-corrected chi connectivity index (χ2v) is 5.93. The van der Waals surface area contributed by atoms with Crippen LogP contribution in [0.1, 0.15) is 61.3 Å². The third-order valence-corrected chi connectivity index (χ3v) is 3.59. The Bertz CT molecular complexity index is 436. The summed E-state index contributed by atoms with van der Waals surface area (Å²) in [6.07, 6.45) is 14.1. The summed E-state index contributed by atoms with van der Waals surface area (Å²) in [6.45, 7) is 14.0. The Kier molecular flexibility index (Phi) is 20.1. The lowest BCUT2D eigenvalue weighted by atomic mass is 10.2. The lowest BCUT2D eigenvalue weighted by Crippen LogP contribution is -1.98. The highest BCUT2D eigenvalue weighted by atomic mass is 32.2. The SMILES string of the molecule is CC.CC.CC/C=C(C)/C=C\C=C/C=C(/CC)S(C)(=O)=O. The van der Waals surface area contributed by atoms with Crippen LogP contribution in [0.3, 0.4) is 0 Å². The van der Waals surface area contributed by atoms with Crippen LogP contribution in [0.4, 0.5) is 0 Å². The molecule has 0 aromatic rings. The number of sulfone groups is 1. The maximum absolute atomic E-state index is 11.3. The first-order chi connectivity index (χ1) is 9.91. The van der Waals surface area contributed by atoms with Gasteiger partial charge in [-0.05, 0) is 25.8 Å². The molecule has 21 heavy (non-hydrogen) atoms. The fourth-order valence-electron chi connectivity index (χ4n) is 1.33. The Labute approximate surface area is 133 Å². The van der Waals surface area contributed by atoms with Gasteiger partial charge in [0.05, 0.1) is 0 Å². The standard InChI is InChI=1S/C14H22O2S.2C2H6/c1-5-10-13(3)11-8-7-9-12-14(6-2)17(4,15)16;2*1-2/h7-12H,5-6H2,1-4H3;2*1-2H3/b9-7-,11-8-,13-10+,14-12-;;. The maximum atomic E-state index is 11.3. The van der Waals surface area contributed by atoms with Gasteiger partial charge in [0.25, 0.3) is 0 Å². The number of hydrogen-bond acceptors (Lipinski definition) is 2. The molecule has 0 heterocycles. The van der Waals surface area contributed by atoms with Crippen LogP contribution in [0.2, 0.25) is 0 Å². The predicted molar refractivity (Wildman–Crippen MR) is 98.2 cm³/mol. The summed E-state index contributed by atoms with van der Waals surface area (Å²) < 4.78 is 22.6. The monoisotopic (exact) mass is 314 g/mol. The van der Waals surface area contributed by atoms with Crippen molar-refractivity contribution < 1.29 is 8.42 Å². The van der Waals surface area contributed by atoms with Crippen molar-refractivity contribution in [3.8, 4) is 0 Å². The maximum Gasteiger partial charge on any atom is 0.171 e. The molecule has 0 N–H and O–H groups in total. The van der Waals surface area contributed by atoms with Gasteiger partial charge in [0.1, 0.15) is 0 Å². The molecule has 0 amide bonds. The van der Waals surface area contributed by atoms with E-state index in [-0.39, 0.29) is 0 Å². The van der Waals surface area contributed by atoms with Gasteiger partial charge in [0.15, 0.2) is 9.84 Å². The first-order valence-electron chi connectivity index (χ1n) is 7.82. The smallest absolute Gasteiger partial charge is 0.171 e. The molecule has 0 aliphatic carbocycles. The van der Waals surface area contributed by atoms with E-state index in [0.29, 0.717) is 11.3 Å². The summed E-state index contributed by atoms with van der Waals surface area (Å²) >= 11 is 0. The topological polar surface area (TPSA) is 34.1 Å². The Hall–Kier alpha value is -1.09. The molecule has 124 valence electrons. The van der Waals surface area contributed by atoms with Gasteiger partial charge < -0.3 is 0 Å². The average molecular weight is 315 g/mol. The van der Waals surface area contributed by atoms with E-state index in [1.165, 1.54) is 11.8 Å². The van der Waals surface area contributed by atoms with Crippen molar-refractivity contribution >= 4 is 9.84 Å². The molecule has 0 radical (unpaired) electrons. The second-order valence-electron chi connectivity index (χ2n) is 3.86. The fraction of sp³-hybridized carbons (Fsp3) is 0.556. The molecule has 0 aliphatic heterocycles. The molecule has 0 fully saturated rings. The molecule has 0 saturated heterocycles. The van der Waals surface area contributed by atoms with E-state index in [1.54, 1.807) is 12.2 Å². The summed E-state index contributed by atoms with van der Waals surface area (Å²) in [6, 6.07) is 0. The fourth-order valence-corrected chi connectivity index (χ4v) is 2.18. The summed E-state index contributed by atoms with van der Waals surface area (Å²) in [5.74, 6) is 0. The lowest BCUT2D eigenvalue weighted by Gasteiger charge is -1.97. The number of allylic oxidation sites excluding steroid dienone is 8. The molecule has 0 rings (SSSR count). The normalized spacial score (nSPS) is 12.8. The van der Waals surface area contributed by atoms with E-state index in [2.05, 4.69) is 13.0 Å². The molecule has 0 aromatic heterocycles. The van der Waals surface area contributed by atoms with E-state index >= 15 is 0 Å². The van der Waals surface area contributed by atoms with Gasteiger partial charge in [-0.25, -0.2) is 8.42 Å². The molecule has 2 nitrogen and oxygen atoms in total. The third-order valence-electron chi connectivity index (χ3n) is 2.21. The van der Waals surface area contributed by atoms with Crippen LogP contribution in [0, 0.1) is 0 Å². The van der Waals surface area contributed by atoms with E-state index < -0.39 is 9.84 Å². The Morgan fingerprint density at radius 1 is 0.952 bits per heavy atom. The zero-order valence-electron chi connectivity index (χ0n) is 15.1. The predicted octanol–water partition coefficient (Wildman–Crippen LogP) is 5.85. The van der Waals surface area contributed by atoms with Gasteiger partial charge in [-0.15, -0.1) is 0 Å². The van der Waals surface area contributed by atoms with Crippen molar-refractivity contribution in [1.82, 2.24) is 0 Å². The van der Waals surface area contributed by atoms with Crippen LogP contribution in [-0.2, 0) is 9.84 Å². The van der Waals surface area contributed by atoms with Crippen molar-refractivity contribution in [3.63, 3.8) is 0 Å². The van der Waals surface area contributed by atoms with Gasteiger partial charge in [-0.1, -0.05) is 77.5 Å². The largest absolute Gasteiger partial charge is 0.224 e. The molecule has 0 aromatic carbocycles. The zero-order valence-corrected chi connectivity index (χ0v) is 15.9. The van der Waals surface area contributed by atoms with Crippen molar-refractivity contribution in [2.45, 2.75) is 61.3 Å². The van der Waals surface area contributed by atoms with Crippen molar-refractivity contribution in [2.75, 3.05) is 6.26 Å². The summed E-state index contributed by atoms with van der Waals surface area (Å²) in [7, 11) is -3.05. The molecule has 0 atom stereocenters. The Morgan fingerprint density at radius 2 is 1.48 bits per heavy atom. The first-order valence-corrected chi connectivity index (χ1v) is 9.71. The summed E-state index contributed by atoms with van der Waals surface area (Å²) in [4.78, 5) is 0.461. The minimum absolute atomic E-state index is 0.461. The molecule has 0 spiro atoms. The van der Waals surface area contributed by atoms with E-state index in [4.69, 9.17) is 0 Å². The first kappa shape index (κ1) is 24.9. The summed E-state index contributed by atoms with van der Waals surface area (Å²) in [5, 5.41) is 0. The lowest BCUT2D eigenvalue weighted by molar-refractivity contribution is 0.606. The van der Waals surface area contributed by atoms with Gasteiger partial charge in [-0.2, -0.15) is 0 Å². The van der Waals surface area contributed by atoms with Crippen molar-refractivity contribution in [3.05, 3.63) is 46.9 Å². The molecule has 0 unspecified atom stereocenters. The average Bonchev–Trinajstić information content (AvgIpc) is 2.46. The second kappa shape index (κ2) is 17.0. The van der Waals surface area contributed by atoms with Crippen LogP contribution < -0.4 is 0 Å². The van der Waals surface area contributed by atoms with Crippen LogP contribution in [-0.4, -0.2) is 14.7 Å². The van der Waals surface area contributed by atoms with Gasteiger partial charge in [-0.3, -0.25) is 0 Å². The highest BCUT2D eigenvalue weighted by Gasteiger charge is 2.06. The molecule has 3 heteroatoms. The Balaban J connectivity index is -0.000000739. The number of rotatable bonds is 6. The van der Waals surface area contributed by atoms with Crippen LogP contribution in [0.15, 0.2) is 46.9 Å². The minimum atomic E-state index is -3.05. The number of hydrogen-bond donors (Lipinski definition) is 0. The van der Waals surface area contributed by atoms with Gasteiger partial charge in [0.2, 0.25) is 0 Å². The highest BCUT2D eigenvalue weighted by Crippen LogP contribution is 2.08. The highest BCUT2D eigenvalue weighted by molar-refractivity contribution is 7.94. The molecule has 0 aliphatic rings. The molecular weight excluding hydrogens is 280 g/mol. The minimum Gasteiger partial charge on any atom is -0.224 e. The van der Waals surface area contributed by atoms with Crippen molar-refractivity contribution in [2.24, 2.45) is 0 Å². The van der Waals surface area contributed by atoms with Crippen LogP contribution in [0.5, 0.6) is 0 Å². The van der Waals surface area contributed by atoms with E-state index in [1.807, 2.05) is 59.8 Å². The van der Waals surface area contributed by atoms with E-state index in [9.17, 15) is 8.42 Å². The third kappa shape index (κ3) is 16.9. The zero-order chi connectivity index (χ0) is 17.3. The van der Waals surface area contributed by atoms with E-state index in [0.717, 1.165) is 6.42 Å². The van der Waals surface area contributed by atoms with Crippen LogP contribution >= 0.6 is 0 Å². The molecule has 0 bridgehead atoms. The van der Waals surface area contributed by atoms with Gasteiger partial charge in [0, 0.05) is 11.2 Å².